The summed E-state index contributed by atoms with van der Waals surface area (Å²) >= 11 is 0. The normalized spacial score (nSPS) is 26.6. The van der Waals surface area contributed by atoms with Gasteiger partial charge in [-0.1, -0.05) is 13.3 Å². The van der Waals surface area contributed by atoms with Gasteiger partial charge < -0.3 is 21.3 Å². The lowest BCUT2D eigenvalue weighted by Crippen LogP contribution is -2.55. The molecular formula is C15H32N4O. The Morgan fingerprint density at radius 3 is 2.50 bits per heavy atom. The molecule has 1 amide bonds. The Bertz CT molecular complexity index is 308. The third kappa shape index (κ3) is 4.72. The molecule has 0 saturated heterocycles. The van der Waals surface area contributed by atoms with E-state index in [-0.39, 0.29) is 11.8 Å². The van der Waals surface area contributed by atoms with Crippen molar-refractivity contribution in [1.29, 1.82) is 0 Å². The maximum absolute atomic E-state index is 11.6. The quantitative estimate of drug-likeness (QED) is 0.651. The molecule has 0 aromatic rings. The van der Waals surface area contributed by atoms with Crippen LogP contribution < -0.4 is 11.5 Å². The SMILES string of the molecule is CCCN(CCC1CCCC1(N)C(N)=O)CCN(C)C. The standard InChI is InChI=1S/C15H32N4O/c1-4-9-19(12-11-18(2)3)10-7-13-6-5-8-15(13,17)14(16)20/h13H,4-12,17H2,1-3H3,(H2,16,20). The van der Waals surface area contributed by atoms with Crippen LogP contribution in [0.3, 0.4) is 0 Å². The van der Waals surface area contributed by atoms with Gasteiger partial charge in [-0.05, 0) is 58.8 Å². The van der Waals surface area contributed by atoms with Crippen molar-refractivity contribution in [3.63, 3.8) is 0 Å². The van der Waals surface area contributed by atoms with Gasteiger partial charge in [0.2, 0.25) is 5.91 Å². The number of nitrogens with zero attached hydrogens (tertiary/aromatic N) is 2. The van der Waals surface area contributed by atoms with E-state index in [2.05, 4.69) is 30.8 Å². The lowest BCUT2D eigenvalue weighted by molar-refractivity contribution is -0.124. The second-order valence-corrected chi connectivity index (χ2v) is 6.43. The van der Waals surface area contributed by atoms with E-state index >= 15 is 0 Å². The number of hydrogen-bond acceptors (Lipinski definition) is 4. The number of amides is 1. The van der Waals surface area contributed by atoms with Crippen molar-refractivity contribution in [2.75, 3.05) is 40.3 Å². The van der Waals surface area contributed by atoms with Crippen LogP contribution in [-0.4, -0.2) is 61.5 Å². The first kappa shape index (κ1) is 17.4. The molecular weight excluding hydrogens is 252 g/mol. The molecule has 1 fully saturated rings. The van der Waals surface area contributed by atoms with E-state index < -0.39 is 5.54 Å². The van der Waals surface area contributed by atoms with Gasteiger partial charge in [-0.15, -0.1) is 0 Å². The molecule has 20 heavy (non-hydrogen) atoms. The molecule has 0 spiro atoms. The van der Waals surface area contributed by atoms with Crippen molar-refractivity contribution >= 4 is 5.91 Å². The summed E-state index contributed by atoms with van der Waals surface area (Å²) in [5.74, 6) is -0.0750. The number of carbonyl (C=O) groups excluding carboxylic acids is 1. The molecule has 2 atom stereocenters. The summed E-state index contributed by atoms with van der Waals surface area (Å²) in [6.07, 6.45) is 4.94. The Morgan fingerprint density at radius 1 is 1.25 bits per heavy atom. The van der Waals surface area contributed by atoms with Crippen molar-refractivity contribution in [2.24, 2.45) is 17.4 Å². The summed E-state index contributed by atoms with van der Waals surface area (Å²) in [6, 6.07) is 0. The van der Waals surface area contributed by atoms with Gasteiger partial charge in [0.15, 0.2) is 0 Å². The fourth-order valence-electron chi connectivity index (χ4n) is 3.16. The number of primary amides is 1. The van der Waals surface area contributed by atoms with Crippen LogP contribution in [0.2, 0.25) is 0 Å². The molecule has 0 heterocycles. The smallest absolute Gasteiger partial charge is 0.237 e. The van der Waals surface area contributed by atoms with Crippen LogP contribution in [0, 0.1) is 5.92 Å². The fourth-order valence-corrected chi connectivity index (χ4v) is 3.16. The second kappa shape index (κ2) is 7.96. The van der Waals surface area contributed by atoms with Gasteiger partial charge in [0.1, 0.15) is 0 Å². The number of rotatable bonds is 9. The van der Waals surface area contributed by atoms with E-state index in [9.17, 15) is 4.79 Å². The molecule has 4 N–H and O–H groups in total. The Kier molecular flexibility index (Phi) is 6.92. The van der Waals surface area contributed by atoms with Crippen molar-refractivity contribution in [3.8, 4) is 0 Å². The molecule has 1 saturated carbocycles. The molecule has 0 bridgehead atoms. The highest BCUT2D eigenvalue weighted by Crippen LogP contribution is 2.35. The molecule has 1 aliphatic carbocycles. The van der Waals surface area contributed by atoms with Gasteiger partial charge in [-0.3, -0.25) is 4.79 Å². The Balaban J connectivity index is 2.47. The summed E-state index contributed by atoms with van der Waals surface area (Å²) < 4.78 is 0. The minimum Gasteiger partial charge on any atom is -0.368 e. The molecule has 0 aromatic carbocycles. The molecule has 1 rings (SSSR count). The highest BCUT2D eigenvalue weighted by Gasteiger charge is 2.43. The van der Waals surface area contributed by atoms with Crippen LogP contribution in [0.5, 0.6) is 0 Å². The van der Waals surface area contributed by atoms with Crippen LogP contribution >= 0.6 is 0 Å². The van der Waals surface area contributed by atoms with Crippen LogP contribution in [0.15, 0.2) is 0 Å². The number of likely N-dealkylation sites (N-methyl/N-ethyl adjacent to an activating group) is 1. The third-order valence-corrected chi connectivity index (χ3v) is 4.53. The molecule has 0 aromatic heterocycles. The summed E-state index contributed by atoms with van der Waals surface area (Å²) in [4.78, 5) is 16.3. The first-order valence-electron chi connectivity index (χ1n) is 7.86. The molecule has 5 nitrogen and oxygen atoms in total. The summed E-state index contributed by atoms with van der Waals surface area (Å²) in [6.45, 7) is 6.46. The topological polar surface area (TPSA) is 75.6 Å². The number of carbonyl (C=O) groups is 1. The molecule has 2 unspecified atom stereocenters. The summed E-state index contributed by atoms with van der Waals surface area (Å²) in [5, 5.41) is 0. The zero-order valence-electron chi connectivity index (χ0n) is 13.4. The predicted molar refractivity (Wildman–Crippen MR) is 83.4 cm³/mol. The average Bonchev–Trinajstić information content (AvgIpc) is 2.75. The minimum absolute atomic E-state index is 0.249. The highest BCUT2D eigenvalue weighted by atomic mass is 16.1. The first-order valence-corrected chi connectivity index (χ1v) is 7.86. The van der Waals surface area contributed by atoms with Gasteiger partial charge in [-0.25, -0.2) is 0 Å². The summed E-state index contributed by atoms with van der Waals surface area (Å²) in [7, 11) is 4.19. The van der Waals surface area contributed by atoms with Gasteiger partial charge in [0.05, 0.1) is 5.54 Å². The van der Waals surface area contributed by atoms with E-state index in [1.54, 1.807) is 0 Å². The van der Waals surface area contributed by atoms with Crippen molar-refractivity contribution in [3.05, 3.63) is 0 Å². The Labute approximate surface area is 123 Å². The minimum atomic E-state index is -0.764. The number of hydrogen-bond donors (Lipinski definition) is 2. The summed E-state index contributed by atoms with van der Waals surface area (Å²) in [5.41, 5.74) is 11.0. The zero-order valence-corrected chi connectivity index (χ0v) is 13.4. The molecule has 0 radical (unpaired) electrons. The maximum Gasteiger partial charge on any atom is 0.237 e. The van der Waals surface area contributed by atoms with Crippen molar-refractivity contribution in [2.45, 2.75) is 44.6 Å². The van der Waals surface area contributed by atoms with Crippen LogP contribution in [0.1, 0.15) is 39.0 Å². The first-order chi connectivity index (χ1) is 9.40. The van der Waals surface area contributed by atoms with E-state index in [4.69, 9.17) is 11.5 Å². The van der Waals surface area contributed by atoms with Crippen LogP contribution in [0.25, 0.3) is 0 Å². The van der Waals surface area contributed by atoms with E-state index in [1.165, 1.54) is 0 Å². The Hall–Kier alpha value is -0.650. The van der Waals surface area contributed by atoms with Crippen molar-refractivity contribution in [1.82, 2.24) is 9.80 Å². The molecule has 1 aliphatic rings. The van der Waals surface area contributed by atoms with Gasteiger partial charge in [-0.2, -0.15) is 0 Å². The maximum atomic E-state index is 11.6. The van der Waals surface area contributed by atoms with Gasteiger partial charge in [0.25, 0.3) is 0 Å². The van der Waals surface area contributed by atoms with Crippen molar-refractivity contribution < 1.29 is 4.79 Å². The van der Waals surface area contributed by atoms with E-state index in [0.717, 1.165) is 58.3 Å². The van der Waals surface area contributed by atoms with E-state index in [0.29, 0.717) is 0 Å². The fraction of sp³-hybridized carbons (Fsp3) is 0.933. The Morgan fingerprint density at radius 2 is 1.95 bits per heavy atom. The molecule has 5 heteroatoms. The monoisotopic (exact) mass is 284 g/mol. The second-order valence-electron chi connectivity index (χ2n) is 6.43. The van der Waals surface area contributed by atoms with Gasteiger partial charge >= 0.3 is 0 Å². The van der Waals surface area contributed by atoms with Crippen LogP contribution in [0.4, 0.5) is 0 Å². The lowest BCUT2D eigenvalue weighted by atomic mass is 9.85. The zero-order chi connectivity index (χ0) is 15.2. The highest BCUT2D eigenvalue weighted by molar-refractivity contribution is 5.85. The number of nitrogens with two attached hydrogens (primary N) is 2. The average molecular weight is 284 g/mol. The van der Waals surface area contributed by atoms with Crippen LogP contribution in [-0.2, 0) is 4.79 Å². The third-order valence-electron chi connectivity index (χ3n) is 4.53. The largest absolute Gasteiger partial charge is 0.368 e. The van der Waals surface area contributed by atoms with E-state index in [1.807, 2.05) is 0 Å². The predicted octanol–water partition coefficient (Wildman–Crippen LogP) is 0.633. The molecule has 0 aliphatic heterocycles. The van der Waals surface area contributed by atoms with Gasteiger partial charge in [0, 0.05) is 13.1 Å². The lowest BCUT2D eigenvalue weighted by Gasteiger charge is -2.31. The molecule has 118 valence electrons.